The first-order valence-corrected chi connectivity index (χ1v) is 7.12. The standard InChI is InChI=1S/C15H12Cl2N2O2/c16-12-3-2-11(8-13(12)17)19-18-9-10-1-4-14-15(7-10)21-6-5-20-14/h1-4,7-9,19H,5-6H2/b18-9-. The Morgan fingerprint density at radius 2 is 1.76 bits per heavy atom. The van der Waals surface area contributed by atoms with Gasteiger partial charge in [0, 0.05) is 0 Å². The Bertz CT molecular complexity index is 689. The minimum atomic E-state index is 0.483. The lowest BCUT2D eigenvalue weighted by molar-refractivity contribution is 0.171. The Hall–Kier alpha value is -1.91. The van der Waals surface area contributed by atoms with Gasteiger partial charge >= 0.3 is 0 Å². The number of hydrogen-bond donors (Lipinski definition) is 1. The molecular formula is C15H12Cl2N2O2. The molecule has 0 spiro atoms. The molecule has 2 aromatic rings. The molecule has 0 radical (unpaired) electrons. The van der Waals surface area contributed by atoms with Gasteiger partial charge in [-0.2, -0.15) is 5.10 Å². The number of nitrogens with zero attached hydrogens (tertiary/aromatic N) is 1. The summed E-state index contributed by atoms with van der Waals surface area (Å²) in [6.07, 6.45) is 1.70. The third-order valence-electron chi connectivity index (χ3n) is 2.89. The van der Waals surface area contributed by atoms with Crippen LogP contribution in [-0.2, 0) is 0 Å². The number of benzene rings is 2. The number of rotatable bonds is 3. The van der Waals surface area contributed by atoms with Crippen molar-refractivity contribution < 1.29 is 9.47 Å². The second kappa shape index (κ2) is 6.24. The summed E-state index contributed by atoms with van der Waals surface area (Å²) in [4.78, 5) is 0. The van der Waals surface area contributed by atoms with Gasteiger partial charge in [0.25, 0.3) is 0 Å². The fourth-order valence-electron chi connectivity index (χ4n) is 1.89. The molecule has 2 aromatic carbocycles. The maximum atomic E-state index is 5.93. The molecule has 0 aromatic heterocycles. The summed E-state index contributed by atoms with van der Waals surface area (Å²) < 4.78 is 11.0. The molecule has 0 bridgehead atoms. The van der Waals surface area contributed by atoms with Gasteiger partial charge in [-0.1, -0.05) is 23.2 Å². The van der Waals surface area contributed by atoms with Crippen molar-refractivity contribution in [3.8, 4) is 11.5 Å². The van der Waals surface area contributed by atoms with Gasteiger partial charge in [0.2, 0.25) is 0 Å². The van der Waals surface area contributed by atoms with Crippen molar-refractivity contribution >= 4 is 35.1 Å². The first-order chi connectivity index (χ1) is 10.2. The molecule has 0 fully saturated rings. The quantitative estimate of drug-likeness (QED) is 0.680. The molecule has 6 heteroatoms. The van der Waals surface area contributed by atoms with Gasteiger partial charge < -0.3 is 9.47 Å². The number of fused-ring (bicyclic) bond motifs is 1. The molecule has 0 aliphatic carbocycles. The van der Waals surface area contributed by atoms with Crippen LogP contribution in [0.25, 0.3) is 0 Å². The van der Waals surface area contributed by atoms with Crippen LogP contribution >= 0.6 is 23.2 Å². The van der Waals surface area contributed by atoms with Crippen LogP contribution in [0.15, 0.2) is 41.5 Å². The molecule has 0 saturated heterocycles. The molecule has 1 N–H and O–H groups in total. The summed E-state index contributed by atoms with van der Waals surface area (Å²) in [5, 5.41) is 5.15. The van der Waals surface area contributed by atoms with Crippen LogP contribution in [0.2, 0.25) is 10.0 Å². The van der Waals surface area contributed by atoms with Gasteiger partial charge in [-0.3, -0.25) is 5.43 Å². The van der Waals surface area contributed by atoms with Crippen LogP contribution in [0.3, 0.4) is 0 Å². The monoisotopic (exact) mass is 322 g/mol. The molecule has 1 aliphatic heterocycles. The SMILES string of the molecule is Clc1ccc(N/N=C\c2ccc3c(c2)OCCO3)cc1Cl. The van der Waals surface area contributed by atoms with Crippen molar-refractivity contribution in [1.29, 1.82) is 0 Å². The van der Waals surface area contributed by atoms with E-state index in [1.807, 2.05) is 18.2 Å². The molecule has 0 atom stereocenters. The topological polar surface area (TPSA) is 42.9 Å². The van der Waals surface area contributed by atoms with E-state index < -0.39 is 0 Å². The molecule has 108 valence electrons. The lowest BCUT2D eigenvalue weighted by atomic mass is 10.2. The molecule has 0 saturated carbocycles. The highest BCUT2D eigenvalue weighted by atomic mass is 35.5. The molecule has 0 unspecified atom stereocenters. The Morgan fingerprint density at radius 1 is 0.952 bits per heavy atom. The van der Waals surface area contributed by atoms with E-state index in [0.29, 0.717) is 23.3 Å². The fourth-order valence-corrected chi connectivity index (χ4v) is 2.19. The third kappa shape index (κ3) is 3.40. The molecule has 4 nitrogen and oxygen atoms in total. The third-order valence-corrected chi connectivity index (χ3v) is 3.63. The van der Waals surface area contributed by atoms with E-state index in [2.05, 4.69) is 10.5 Å². The van der Waals surface area contributed by atoms with Gasteiger partial charge in [-0.15, -0.1) is 0 Å². The molecule has 3 rings (SSSR count). The number of nitrogens with one attached hydrogen (secondary N) is 1. The second-order valence-corrected chi connectivity index (χ2v) is 5.22. The Balaban J connectivity index is 1.69. The highest BCUT2D eigenvalue weighted by Crippen LogP contribution is 2.30. The van der Waals surface area contributed by atoms with Crippen LogP contribution in [0, 0.1) is 0 Å². The van der Waals surface area contributed by atoms with Gasteiger partial charge in [-0.25, -0.2) is 0 Å². The Labute approximate surface area is 132 Å². The number of hydrogen-bond acceptors (Lipinski definition) is 4. The minimum Gasteiger partial charge on any atom is -0.486 e. The highest BCUT2D eigenvalue weighted by molar-refractivity contribution is 6.42. The first-order valence-electron chi connectivity index (χ1n) is 6.36. The maximum absolute atomic E-state index is 5.93. The van der Waals surface area contributed by atoms with E-state index in [4.69, 9.17) is 32.7 Å². The predicted octanol–water partition coefficient (Wildman–Crippen LogP) is 4.21. The largest absolute Gasteiger partial charge is 0.486 e. The molecule has 1 aliphatic rings. The van der Waals surface area contributed by atoms with Crippen molar-refractivity contribution in [3.63, 3.8) is 0 Å². The zero-order chi connectivity index (χ0) is 14.7. The number of halogens is 2. The van der Waals surface area contributed by atoms with E-state index in [-0.39, 0.29) is 0 Å². The molecule has 21 heavy (non-hydrogen) atoms. The maximum Gasteiger partial charge on any atom is 0.162 e. The molecule has 0 amide bonds. The van der Waals surface area contributed by atoms with E-state index in [1.54, 1.807) is 24.4 Å². The summed E-state index contributed by atoms with van der Waals surface area (Å²) in [6, 6.07) is 10.9. The van der Waals surface area contributed by atoms with Crippen molar-refractivity contribution in [2.45, 2.75) is 0 Å². The average molecular weight is 323 g/mol. The van der Waals surface area contributed by atoms with E-state index in [1.165, 1.54) is 0 Å². The van der Waals surface area contributed by atoms with Crippen molar-refractivity contribution in [2.24, 2.45) is 5.10 Å². The summed E-state index contributed by atoms with van der Waals surface area (Å²) in [5.74, 6) is 1.50. The summed E-state index contributed by atoms with van der Waals surface area (Å²) in [6.45, 7) is 1.15. The highest BCUT2D eigenvalue weighted by Gasteiger charge is 2.10. The summed E-state index contributed by atoms with van der Waals surface area (Å²) in [5.41, 5.74) is 4.57. The van der Waals surface area contributed by atoms with E-state index in [9.17, 15) is 0 Å². The first kappa shape index (κ1) is 14.0. The smallest absolute Gasteiger partial charge is 0.162 e. The Kier molecular flexibility index (Phi) is 4.18. The van der Waals surface area contributed by atoms with Gasteiger partial charge in [0.05, 0.1) is 21.9 Å². The Morgan fingerprint density at radius 3 is 2.57 bits per heavy atom. The summed E-state index contributed by atoms with van der Waals surface area (Å²) in [7, 11) is 0. The minimum absolute atomic E-state index is 0.483. The van der Waals surface area contributed by atoms with E-state index >= 15 is 0 Å². The zero-order valence-electron chi connectivity index (χ0n) is 11.0. The lowest BCUT2D eigenvalue weighted by Gasteiger charge is -2.18. The van der Waals surface area contributed by atoms with Crippen molar-refractivity contribution in [1.82, 2.24) is 0 Å². The predicted molar refractivity (Wildman–Crippen MR) is 85.1 cm³/mol. The number of ether oxygens (including phenoxy) is 2. The number of hydrazone groups is 1. The second-order valence-electron chi connectivity index (χ2n) is 4.40. The van der Waals surface area contributed by atoms with Crippen LogP contribution in [0.5, 0.6) is 11.5 Å². The zero-order valence-corrected chi connectivity index (χ0v) is 12.5. The normalized spacial score (nSPS) is 13.4. The van der Waals surface area contributed by atoms with Crippen LogP contribution < -0.4 is 14.9 Å². The molecular weight excluding hydrogens is 311 g/mol. The van der Waals surface area contributed by atoms with Gasteiger partial charge in [0.15, 0.2) is 11.5 Å². The average Bonchev–Trinajstić information content (AvgIpc) is 2.51. The lowest BCUT2D eigenvalue weighted by Crippen LogP contribution is -2.15. The van der Waals surface area contributed by atoms with Gasteiger partial charge in [0.1, 0.15) is 13.2 Å². The van der Waals surface area contributed by atoms with E-state index in [0.717, 1.165) is 22.7 Å². The fraction of sp³-hybridized carbons (Fsp3) is 0.133. The van der Waals surface area contributed by atoms with Crippen molar-refractivity contribution in [2.75, 3.05) is 18.6 Å². The van der Waals surface area contributed by atoms with Gasteiger partial charge in [-0.05, 0) is 42.0 Å². The van der Waals surface area contributed by atoms with Crippen LogP contribution in [0.4, 0.5) is 5.69 Å². The van der Waals surface area contributed by atoms with Crippen LogP contribution in [-0.4, -0.2) is 19.4 Å². The molecule has 1 heterocycles. The van der Waals surface area contributed by atoms with Crippen LogP contribution in [0.1, 0.15) is 5.56 Å². The number of anilines is 1. The summed E-state index contributed by atoms with van der Waals surface area (Å²) >= 11 is 11.8. The van der Waals surface area contributed by atoms with Crippen molar-refractivity contribution in [3.05, 3.63) is 52.0 Å².